The second kappa shape index (κ2) is 12.5. The lowest BCUT2D eigenvalue weighted by molar-refractivity contribution is -0.113. The Morgan fingerprint density at radius 3 is 2.18 bits per heavy atom. The van der Waals surface area contributed by atoms with Crippen molar-refractivity contribution in [1.82, 2.24) is 4.98 Å². The molecule has 3 N–H and O–H groups in total. The first-order valence-electron chi connectivity index (χ1n) is 10.5. The molecule has 0 atom stereocenters. The van der Waals surface area contributed by atoms with Gasteiger partial charge >= 0.3 is 5.97 Å². The van der Waals surface area contributed by atoms with Gasteiger partial charge in [-0.05, 0) is 106 Å². The molecule has 0 spiro atoms. The van der Waals surface area contributed by atoms with Gasteiger partial charge in [0, 0.05) is 29.3 Å². The lowest BCUT2D eigenvalue weighted by Gasteiger charge is -2.14. The van der Waals surface area contributed by atoms with Crippen LogP contribution in [-0.2, 0) is 4.79 Å². The highest BCUT2D eigenvalue weighted by atomic mass is 79.9. The van der Waals surface area contributed by atoms with Crippen molar-refractivity contribution in [3.63, 3.8) is 0 Å². The molecule has 3 aromatic carbocycles. The standard InChI is InChI=1S/C24H15Br4N3O5S2/c1-36-12-5-2-10(3-6-12)29-15(32)9-37-24-31-13-7-4-11(8-14(13)38-24)30-22(33)16-17(23(34)35)19(26)21(28)20(27)18(16)25/h2-8H,9H2,1H3,(H,29,32)(H,30,33)(H,34,35). The number of hydrogen-bond acceptors (Lipinski definition) is 7. The molecule has 1 aromatic heterocycles. The zero-order valence-corrected chi connectivity index (χ0v) is 27.1. The molecule has 4 rings (SSSR count). The number of methoxy groups -OCH3 is 1. The van der Waals surface area contributed by atoms with E-state index in [-0.39, 0.29) is 27.3 Å². The summed E-state index contributed by atoms with van der Waals surface area (Å²) in [5.41, 5.74) is 1.63. The first kappa shape index (κ1) is 29.0. The molecule has 38 heavy (non-hydrogen) atoms. The third-order valence-corrected chi connectivity index (χ3v) is 12.0. The number of halogens is 4. The van der Waals surface area contributed by atoms with Gasteiger partial charge in [0.1, 0.15) is 5.75 Å². The normalized spacial score (nSPS) is 10.9. The molecule has 196 valence electrons. The quantitative estimate of drug-likeness (QED) is 0.0938. The molecule has 0 aliphatic heterocycles. The number of benzene rings is 3. The van der Waals surface area contributed by atoms with Gasteiger partial charge in [-0.2, -0.15) is 0 Å². The first-order valence-corrected chi connectivity index (χ1v) is 15.4. The smallest absolute Gasteiger partial charge is 0.337 e. The molecule has 14 heteroatoms. The third kappa shape index (κ3) is 6.42. The van der Waals surface area contributed by atoms with E-state index in [1.807, 2.05) is 0 Å². The molecule has 0 unspecified atom stereocenters. The molecule has 4 aromatic rings. The monoisotopic (exact) mass is 805 g/mol. The summed E-state index contributed by atoms with van der Waals surface area (Å²) in [4.78, 5) is 42.0. The predicted octanol–water partition coefficient (Wildman–Crippen LogP) is 8.04. The third-order valence-electron chi connectivity index (χ3n) is 5.04. The number of thioether (sulfide) groups is 1. The number of aromatic carboxylic acids is 1. The zero-order valence-electron chi connectivity index (χ0n) is 19.1. The highest BCUT2D eigenvalue weighted by molar-refractivity contribution is 9.15. The summed E-state index contributed by atoms with van der Waals surface area (Å²) in [5.74, 6) is -1.15. The van der Waals surface area contributed by atoms with Crippen LogP contribution in [0, 0.1) is 0 Å². The largest absolute Gasteiger partial charge is 0.497 e. The fraction of sp³-hybridized carbons (Fsp3) is 0.0833. The summed E-state index contributed by atoms with van der Waals surface area (Å²) >= 11 is 16.0. The highest BCUT2D eigenvalue weighted by Crippen LogP contribution is 2.42. The number of carboxylic acid groups (broad SMARTS) is 1. The molecular formula is C24H15Br4N3O5S2. The van der Waals surface area contributed by atoms with Crippen molar-refractivity contribution >= 4 is 126 Å². The molecule has 0 saturated carbocycles. The number of aromatic nitrogens is 1. The van der Waals surface area contributed by atoms with E-state index in [1.165, 1.54) is 23.1 Å². The first-order chi connectivity index (χ1) is 18.1. The second-order valence-corrected chi connectivity index (χ2v) is 12.9. The van der Waals surface area contributed by atoms with Crippen molar-refractivity contribution in [3.05, 3.63) is 71.5 Å². The number of thiazole rings is 1. The average molecular weight is 809 g/mol. The van der Waals surface area contributed by atoms with Crippen LogP contribution >= 0.6 is 86.8 Å². The van der Waals surface area contributed by atoms with Gasteiger partial charge < -0.3 is 20.5 Å². The van der Waals surface area contributed by atoms with Crippen molar-refractivity contribution < 1.29 is 24.2 Å². The minimum atomic E-state index is -1.26. The number of ether oxygens (including phenoxy) is 1. The van der Waals surface area contributed by atoms with Crippen LogP contribution < -0.4 is 15.4 Å². The van der Waals surface area contributed by atoms with Crippen molar-refractivity contribution in [2.45, 2.75) is 4.34 Å². The molecule has 0 aliphatic rings. The van der Waals surface area contributed by atoms with Gasteiger partial charge in [-0.1, -0.05) is 11.8 Å². The van der Waals surface area contributed by atoms with E-state index >= 15 is 0 Å². The molecule has 0 radical (unpaired) electrons. The Morgan fingerprint density at radius 1 is 0.921 bits per heavy atom. The molecule has 8 nitrogen and oxygen atoms in total. The molecule has 2 amide bonds. The van der Waals surface area contributed by atoms with Gasteiger partial charge in [0.2, 0.25) is 5.91 Å². The Labute approximate surface area is 258 Å². The number of anilines is 2. The van der Waals surface area contributed by atoms with E-state index in [0.29, 0.717) is 40.4 Å². The van der Waals surface area contributed by atoms with Crippen LogP contribution in [0.1, 0.15) is 20.7 Å². The minimum Gasteiger partial charge on any atom is -0.497 e. The van der Waals surface area contributed by atoms with Crippen molar-refractivity contribution in [2.24, 2.45) is 0 Å². The Hall–Kier alpha value is -1.97. The number of amides is 2. The molecule has 0 fully saturated rings. The topological polar surface area (TPSA) is 118 Å². The summed E-state index contributed by atoms with van der Waals surface area (Å²) in [6, 6.07) is 12.2. The Bertz CT molecular complexity index is 1580. The summed E-state index contributed by atoms with van der Waals surface area (Å²) in [7, 11) is 1.58. The van der Waals surface area contributed by atoms with Gasteiger partial charge in [0.25, 0.3) is 5.91 Å². The Kier molecular flexibility index (Phi) is 9.53. The van der Waals surface area contributed by atoms with Gasteiger partial charge in [-0.15, -0.1) is 11.3 Å². The van der Waals surface area contributed by atoms with Gasteiger partial charge in [-0.25, -0.2) is 9.78 Å². The van der Waals surface area contributed by atoms with Crippen LogP contribution in [0.5, 0.6) is 5.75 Å². The average Bonchev–Trinajstić information content (AvgIpc) is 3.30. The molecule has 0 aliphatic carbocycles. The fourth-order valence-corrected chi connectivity index (χ4v) is 7.66. The van der Waals surface area contributed by atoms with Crippen LogP contribution in [0.2, 0.25) is 0 Å². The van der Waals surface area contributed by atoms with E-state index in [9.17, 15) is 19.5 Å². The van der Waals surface area contributed by atoms with Gasteiger partial charge in [-0.3, -0.25) is 9.59 Å². The molecule has 0 bridgehead atoms. The lowest BCUT2D eigenvalue weighted by atomic mass is 10.1. The fourth-order valence-electron chi connectivity index (χ4n) is 3.28. The molecule has 0 saturated heterocycles. The maximum Gasteiger partial charge on any atom is 0.337 e. The summed E-state index contributed by atoms with van der Waals surface area (Å²) in [5, 5.41) is 15.3. The number of fused-ring (bicyclic) bond motifs is 1. The Morgan fingerprint density at radius 2 is 1.55 bits per heavy atom. The Balaban J connectivity index is 1.47. The summed E-state index contributed by atoms with van der Waals surface area (Å²) < 4.78 is 8.11. The minimum absolute atomic E-state index is 0.0389. The van der Waals surface area contributed by atoms with Crippen LogP contribution in [0.3, 0.4) is 0 Å². The maximum absolute atomic E-state index is 13.2. The van der Waals surface area contributed by atoms with Gasteiger partial charge in [0.05, 0.1) is 34.2 Å². The van der Waals surface area contributed by atoms with E-state index < -0.39 is 11.9 Å². The maximum atomic E-state index is 13.2. The molecule has 1 heterocycles. The predicted molar refractivity (Wildman–Crippen MR) is 164 cm³/mol. The number of carboxylic acids is 1. The highest BCUT2D eigenvalue weighted by Gasteiger charge is 2.28. The lowest BCUT2D eigenvalue weighted by Crippen LogP contribution is -2.18. The molecular weight excluding hydrogens is 794 g/mol. The van der Waals surface area contributed by atoms with E-state index in [1.54, 1.807) is 49.6 Å². The van der Waals surface area contributed by atoms with E-state index in [0.717, 1.165) is 4.70 Å². The number of hydrogen-bond donors (Lipinski definition) is 3. The SMILES string of the molecule is COc1ccc(NC(=O)CSc2nc3ccc(NC(=O)c4c(Br)c(Br)c(Br)c(Br)c4C(=O)O)cc3s2)cc1. The zero-order chi connectivity index (χ0) is 27.6. The summed E-state index contributed by atoms with van der Waals surface area (Å²) in [6.45, 7) is 0. The van der Waals surface area contributed by atoms with E-state index in [2.05, 4.69) is 79.3 Å². The van der Waals surface area contributed by atoms with Crippen LogP contribution in [0.15, 0.2) is 64.7 Å². The number of nitrogens with zero attached hydrogens (tertiary/aromatic N) is 1. The summed E-state index contributed by atoms with van der Waals surface area (Å²) in [6.07, 6.45) is 0. The number of carbonyl (C=O) groups is 3. The van der Waals surface area contributed by atoms with Crippen LogP contribution in [-0.4, -0.2) is 40.7 Å². The second-order valence-electron chi connectivity index (χ2n) is 7.49. The van der Waals surface area contributed by atoms with Crippen molar-refractivity contribution in [1.29, 1.82) is 0 Å². The van der Waals surface area contributed by atoms with Crippen LogP contribution in [0.25, 0.3) is 10.2 Å². The number of carbonyl (C=O) groups excluding carboxylic acids is 2. The number of rotatable bonds is 8. The van der Waals surface area contributed by atoms with E-state index in [4.69, 9.17) is 4.74 Å². The van der Waals surface area contributed by atoms with Crippen molar-refractivity contribution in [2.75, 3.05) is 23.5 Å². The van der Waals surface area contributed by atoms with Crippen molar-refractivity contribution in [3.8, 4) is 5.75 Å². The van der Waals surface area contributed by atoms with Gasteiger partial charge in [0.15, 0.2) is 4.34 Å². The number of nitrogens with one attached hydrogen (secondary N) is 2. The van der Waals surface area contributed by atoms with Crippen LogP contribution in [0.4, 0.5) is 11.4 Å².